The maximum Gasteiger partial charge on any atom is 0.0523 e. The van der Waals surface area contributed by atoms with Crippen LogP contribution >= 0.6 is 0 Å². The van der Waals surface area contributed by atoms with Gasteiger partial charge in [0.2, 0.25) is 0 Å². The SMILES string of the molecule is C/C=C/C[Si](C)(C)CCN1CCCCC1. The van der Waals surface area contributed by atoms with E-state index in [2.05, 4.69) is 37.1 Å². The Kier molecular flexibility index (Phi) is 5.62. The van der Waals surface area contributed by atoms with Crippen molar-refractivity contribution in [3.8, 4) is 0 Å². The van der Waals surface area contributed by atoms with Crippen LogP contribution in [0.1, 0.15) is 26.2 Å². The smallest absolute Gasteiger partial charge is 0.0523 e. The predicted octanol–water partition coefficient (Wildman–Crippen LogP) is 3.76. The van der Waals surface area contributed by atoms with E-state index in [1.165, 1.54) is 51.0 Å². The quantitative estimate of drug-likeness (QED) is 0.509. The topological polar surface area (TPSA) is 3.24 Å². The molecule has 0 unspecified atom stereocenters. The standard InChI is InChI=1S/C13H27NSi/c1-4-5-12-15(2,3)13-11-14-9-7-6-8-10-14/h4-5H,6-13H2,1-3H3/b5-4+. The minimum absolute atomic E-state index is 0.937. The van der Waals surface area contributed by atoms with Gasteiger partial charge in [0.05, 0.1) is 8.07 Å². The first-order chi connectivity index (χ1) is 7.14. The summed E-state index contributed by atoms with van der Waals surface area (Å²) >= 11 is 0. The first-order valence-electron chi connectivity index (χ1n) is 6.47. The molecule has 0 spiro atoms. The van der Waals surface area contributed by atoms with Crippen molar-refractivity contribution in [1.29, 1.82) is 0 Å². The number of hydrogen-bond acceptors (Lipinski definition) is 1. The summed E-state index contributed by atoms with van der Waals surface area (Å²) in [6.07, 6.45) is 8.88. The molecule has 1 rings (SSSR count). The third-order valence-corrected chi connectivity index (χ3v) is 6.38. The Balaban J connectivity index is 2.21. The van der Waals surface area contributed by atoms with Crippen LogP contribution in [-0.4, -0.2) is 32.6 Å². The molecule has 0 N–H and O–H groups in total. The number of hydrogen-bond donors (Lipinski definition) is 0. The van der Waals surface area contributed by atoms with Crippen molar-refractivity contribution in [2.45, 2.75) is 51.4 Å². The Labute approximate surface area is 96.6 Å². The van der Waals surface area contributed by atoms with E-state index in [4.69, 9.17) is 0 Å². The van der Waals surface area contributed by atoms with Gasteiger partial charge in [0, 0.05) is 0 Å². The van der Waals surface area contributed by atoms with Crippen LogP contribution in [0.3, 0.4) is 0 Å². The van der Waals surface area contributed by atoms with Crippen LogP contribution in [0.5, 0.6) is 0 Å². The van der Waals surface area contributed by atoms with E-state index in [1.807, 2.05) is 0 Å². The number of rotatable bonds is 5. The van der Waals surface area contributed by atoms with E-state index in [9.17, 15) is 0 Å². The lowest BCUT2D eigenvalue weighted by molar-refractivity contribution is 0.239. The van der Waals surface area contributed by atoms with E-state index >= 15 is 0 Å². The van der Waals surface area contributed by atoms with Gasteiger partial charge in [0.25, 0.3) is 0 Å². The summed E-state index contributed by atoms with van der Waals surface area (Å²) in [7, 11) is -0.937. The van der Waals surface area contributed by atoms with E-state index in [-0.39, 0.29) is 0 Å². The highest BCUT2D eigenvalue weighted by atomic mass is 28.3. The fraction of sp³-hybridized carbons (Fsp3) is 0.846. The molecule has 0 aromatic heterocycles. The molecule has 0 atom stereocenters. The van der Waals surface area contributed by atoms with Crippen molar-refractivity contribution in [2.75, 3.05) is 19.6 Å². The molecule has 0 amide bonds. The van der Waals surface area contributed by atoms with Gasteiger partial charge < -0.3 is 4.90 Å². The van der Waals surface area contributed by atoms with Crippen LogP contribution in [0.4, 0.5) is 0 Å². The van der Waals surface area contributed by atoms with Crippen LogP contribution in [0.15, 0.2) is 12.2 Å². The van der Waals surface area contributed by atoms with Crippen molar-refractivity contribution in [2.24, 2.45) is 0 Å². The van der Waals surface area contributed by atoms with Crippen molar-refractivity contribution in [1.82, 2.24) is 4.90 Å². The first kappa shape index (κ1) is 13.0. The van der Waals surface area contributed by atoms with Gasteiger partial charge in [-0.25, -0.2) is 0 Å². The number of likely N-dealkylation sites (tertiary alicyclic amines) is 1. The maximum absolute atomic E-state index is 2.67. The molecule has 1 aliphatic heterocycles. The Bertz CT molecular complexity index is 193. The van der Waals surface area contributed by atoms with E-state index < -0.39 is 8.07 Å². The normalized spacial score (nSPS) is 19.9. The summed E-state index contributed by atoms with van der Waals surface area (Å²) < 4.78 is 0. The highest BCUT2D eigenvalue weighted by molar-refractivity contribution is 6.77. The first-order valence-corrected chi connectivity index (χ1v) is 9.89. The van der Waals surface area contributed by atoms with E-state index in [0.29, 0.717) is 0 Å². The molecular formula is C13H27NSi. The van der Waals surface area contributed by atoms with Crippen LogP contribution in [-0.2, 0) is 0 Å². The van der Waals surface area contributed by atoms with Gasteiger partial charge in [0.1, 0.15) is 0 Å². The van der Waals surface area contributed by atoms with Crippen molar-refractivity contribution in [3.63, 3.8) is 0 Å². The lowest BCUT2D eigenvalue weighted by Crippen LogP contribution is -2.35. The number of nitrogens with zero attached hydrogens (tertiary/aromatic N) is 1. The molecule has 1 fully saturated rings. The average Bonchev–Trinajstić information content (AvgIpc) is 2.25. The average molecular weight is 225 g/mol. The van der Waals surface area contributed by atoms with Gasteiger partial charge in [-0.05, 0) is 51.5 Å². The molecule has 0 aromatic rings. The van der Waals surface area contributed by atoms with Gasteiger partial charge in [-0.1, -0.05) is 31.7 Å². The Hall–Kier alpha value is -0.0831. The summed E-state index contributed by atoms with van der Waals surface area (Å²) in [5, 5.41) is 0. The summed E-state index contributed by atoms with van der Waals surface area (Å²) in [6, 6.07) is 2.83. The van der Waals surface area contributed by atoms with Gasteiger partial charge in [0.15, 0.2) is 0 Å². The van der Waals surface area contributed by atoms with Gasteiger partial charge >= 0.3 is 0 Å². The fourth-order valence-electron chi connectivity index (χ4n) is 2.18. The number of allylic oxidation sites excluding steroid dienone is 2. The van der Waals surface area contributed by atoms with Crippen LogP contribution in [0.2, 0.25) is 25.2 Å². The molecular weight excluding hydrogens is 198 g/mol. The van der Waals surface area contributed by atoms with Gasteiger partial charge in [-0.3, -0.25) is 0 Å². The molecule has 1 heterocycles. The predicted molar refractivity (Wildman–Crippen MR) is 72.2 cm³/mol. The Morgan fingerprint density at radius 2 is 1.80 bits per heavy atom. The van der Waals surface area contributed by atoms with Crippen LogP contribution in [0, 0.1) is 0 Å². The summed E-state index contributed by atoms with van der Waals surface area (Å²) in [6.45, 7) is 11.3. The monoisotopic (exact) mass is 225 g/mol. The highest BCUT2D eigenvalue weighted by Crippen LogP contribution is 2.18. The van der Waals surface area contributed by atoms with Crippen molar-refractivity contribution in [3.05, 3.63) is 12.2 Å². The van der Waals surface area contributed by atoms with E-state index in [0.717, 1.165) is 0 Å². The molecule has 0 radical (unpaired) electrons. The van der Waals surface area contributed by atoms with Crippen molar-refractivity contribution >= 4 is 8.07 Å². The fourth-order valence-corrected chi connectivity index (χ4v) is 4.18. The Morgan fingerprint density at radius 1 is 1.13 bits per heavy atom. The minimum Gasteiger partial charge on any atom is -0.304 e. The van der Waals surface area contributed by atoms with Gasteiger partial charge in [-0.2, -0.15) is 0 Å². The van der Waals surface area contributed by atoms with Crippen LogP contribution < -0.4 is 0 Å². The molecule has 0 saturated carbocycles. The molecule has 1 nitrogen and oxygen atoms in total. The minimum atomic E-state index is -0.937. The summed E-state index contributed by atoms with van der Waals surface area (Å²) in [5.41, 5.74) is 0. The molecule has 15 heavy (non-hydrogen) atoms. The molecule has 1 aliphatic rings. The second-order valence-electron chi connectivity index (χ2n) is 5.59. The summed E-state index contributed by atoms with van der Waals surface area (Å²) in [5.74, 6) is 0. The summed E-state index contributed by atoms with van der Waals surface area (Å²) in [4.78, 5) is 2.67. The van der Waals surface area contributed by atoms with Gasteiger partial charge in [-0.15, -0.1) is 0 Å². The lowest BCUT2D eigenvalue weighted by atomic mass is 10.1. The van der Waals surface area contributed by atoms with Crippen LogP contribution in [0.25, 0.3) is 0 Å². The molecule has 88 valence electrons. The largest absolute Gasteiger partial charge is 0.304 e. The van der Waals surface area contributed by atoms with E-state index in [1.54, 1.807) is 0 Å². The van der Waals surface area contributed by atoms with Crippen molar-refractivity contribution < 1.29 is 0 Å². The molecule has 0 aliphatic carbocycles. The third kappa shape index (κ3) is 5.52. The molecule has 1 saturated heterocycles. The lowest BCUT2D eigenvalue weighted by Gasteiger charge is -2.30. The third-order valence-electron chi connectivity index (χ3n) is 3.46. The highest BCUT2D eigenvalue weighted by Gasteiger charge is 2.20. The zero-order valence-electron chi connectivity index (χ0n) is 10.8. The second kappa shape index (κ2) is 6.49. The zero-order valence-corrected chi connectivity index (χ0v) is 11.8. The second-order valence-corrected chi connectivity index (χ2v) is 10.8. The molecule has 2 heteroatoms. The molecule has 0 bridgehead atoms. The maximum atomic E-state index is 2.67. The molecule has 0 aromatic carbocycles. The zero-order chi connectivity index (χ0) is 11.1. The Morgan fingerprint density at radius 3 is 2.40 bits per heavy atom. The number of piperidine rings is 1.